The molecule has 0 amide bonds. The Morgan fingerprint density at radius 2 is 0.629 bits per heavy atom. The van der Waals surface area contributed by atoms with Crippen molar-refractivity contribution in [3.05, 3.63) is 273 Å². The fraction of sp³-hybridized carbons (Fsp3) is 0. The first-order chi connectivity index (χ1) is 34.8. The molecule has 0 N–H and O–H groups in total. The van der Waals surface area contributed by atoms with E-state index in [1.54, 1.807) is 0 Å². The fourth-order valence-electron chi connectivity index (χ4n) is 11.8. The van der Waals surface area contributed by atoms with E-state index in [0.717, 1.165) is 22.6 Å². The summed E-state index contributed by atoms with van der Waals surface area (Å²) in [5.41, 5.74) is 12.9. The smallest absolute Gasteiger partial charge is 0.179 e. The van der Waals surface area contributed by atoms with E-state index in [1.165, 1.54) is 91.8 Å². The lowest BCUT2D eigenvalue weighted by Crippen LogP contribution is -2.74. The summed E-state index contributed by atoms with van der Waals surface area (Å²) in [7, 11) is -2.87. The van der Waals surface area contributed by atoms with E-state index in [1.807, 2.05) is 0 Å². The predicted molar refractivity (Wildman–Crippen MR) is 299 cm³/mol. The Bertz CT molecular complexity index is 4170. The summed E-state index contributed by atoms with van der Waals surface area (Å²) in [5, 5.41) is 12.8. The van der Waals surface area contributed by atoms with Crippen molar-refractivity contribution in [1.29, 1.82) is 0 Å². The Morgan fingerprint density at radius 1 is 0.229 bits per heavy atom. The molecular formula is C66H45N3Si. The van der Waals surface area contributed by atoms with Crippen LogP contribution in [0.4, 0.5) is 0 Å². The molecule has 0 fully saturated rings. The van der Waals surface area contributed by atoms with Crippen LogP contribution in [0.2, 0.25) is 0 Å². The molecule has 3 aromatic heterocycles. The zero-order chi connectivity index (χ0) is 46.2. The molecule has 0 bridgehead atoms. The fourth-order valence-corrected chi connectivity index (χ4v) is 16.6. The quantitative estimate of drug-likeness (QED) is 0.107. The summed E-state index contributed by atoms with van der Waals surface area (Å²) in [5.74, 6) is 0. The summed E-state index contributed by atoms with van der Waals surface area (Å²) in [6, 6.07) is 101. The molecule has 3 heterocycles. The van der Waals surface area contributed by atoms with Gasteiger partial charge in [-0.2, -0.15) is 0 Å². The SMILES string of the molecule is c1ccc(-c2cccc3c4ccccc4n(-c4ccc5c(c4)c4cc([Si](c6ccccc6)(c6ccccc6)c6ccccc6)ccc4n5-c4ccc5c(c4)c4ccccc4n5-c4ccccc4)c23)cc1. The molecule has 0 unspecified atom stereocenters. The van der Waals surface area contributed by atoms with Gasteiger partial charge in [0.05, 0.1) is 33.1 Å². The van der Waals surface area contributed by atoms with Gasteiger partial charge in [0.1, 0.15) is 0 Å². The zero-order valence-electron chi connectivity index (χ0n) is 38.3. The molecular weight excluding hydrogens is 863 g/mol. The van der Waals surface area contributed by atoms with Crippen LogP contribution in [0.25, 0.3) is 93.6 Å². The van der Waals surface area contributed by atoms with Gasteiger partial charge in [-0.25, -0.2) is 0 Å². The van der Waals surface area contributed by atoms with E-state index in [2.05, 4.69) is 287 Å². The summed E-state index contributed by atoms with van der Waals surface area (Å²) >= 11 is 0. The molecule has 328 valence electrons. The lowest BCUT2D eigenvalue weighted by Gasteiger charge is -2.34. The second-order valence-corrected chi connectivity index (χ2v) is 22.2. The summed E-state index contributed by atoms with van der Waals surface area (Å²) in [4.78, 5) is 0. The van der Waals surface area contributed by atoms with E-state index in [-0.39, 0.29) is 0 Å². The first-order valence-corrected chi connectivity index (χ1v) is 26.2. The normalized spacial score (nSPS) is 12.0. The average Bonchev–Trinajstić information content (AvgIpc) is 4.08. The van der Waals surface area contributed by atoms with Crippen molar-refractivity contribution in [3.63, 3.8) is 0 Å². The Balaban J connectivity index is 1.09. The number of hydrogen-bond donors (Lipinski definition) is 0. The largest absolute Gasteiger partial charge is 0.309 e. The molecule has 0 radical (unpaired) electrons. The molecule has 0 saturated heterocycles. The van der Waals surface area contributed by atoms with Crippen LogP contribution in [-0.2, 0) is 0 Å². The van der Waals surface area contributed by atoms with Gasteiger partial charge in [-0.3, -0.25) is 0 Å². The first kappa shape index (κ1) is 40.1. The van der Waals surface area contributed by atoms with Crippen molar-refractivity contribution in [1.82, 2.24) is 13.7 Å². The molecule has 4 heteroatoms. The second-order valence-electron chi connectivity index (χ2n) is 18.4. The molecule has 0 aliphatic carbocycles. The zero-order valence-corrected chi connectivity index (χ0v) is 39.3. The number of benzene rings is 11. The van der Waals surface area contributed by atoms with Crippen LogP contribution in [0.5, 0.6) is 0 Å². The van der Waals surface area contributed by atoms with Crippen LogP contribution in [0.1, 0.15) is 0 Å². The second kappa shape index (κ2) is 16.1. The Hall–Kier alpha value is -8.96. The highest BCUT2D eigenvalue weighted by atomic mass is 28.3. The van der Waals surface area contributed by atoms with Crippen molar-refractivity contribution in [2.45, 2.75) is 0 Å². The number of hydrogen-bond acceptors (Lipinski definition) is 0. The summed E-state index contributed by atoms with van der Waals surface area (Å²) < 4.78 is 7.40. The molecule has 14 rings (SSSR count). The highest BCUT2D eigenvalue weighted by molar-refractivity contribution is 7.20. The molecule has 0 spiro atoms. The molecule has 0 saturated carbocycles. The van der Waals surface area contributed by atoms with Crippen LogP contribution >= 0.6 is 0 Å². The van der Waals surface area contributed by atoms with Gasteiger partial charge in [0.25, 0.3) is 0 Å². The molecule has 3 nitrogen and oxygen atoms in total. The number of rotatable bonds is 8. The topological polar surface area (TPSA) is 14.8 Å². The van der Waals surface area contributed by atoms with E-state index in [0.29, 0.717) is 0 Å². The molecule has 0 atom stereocenters. The maximum absolute atomic E-state index is 2.87. The minimum absolute atomic E-state index is 1.13. The number of aromatic nitrogens is 3. The van der Waals surface area contributed by atoms with Gasteiger partial charge in [0.15, 0.2) is 8.07 Å². The Labute approximate surface area is 407 Å². The summed E-state index contributed by atoms with van der Waals surface area (Å²) in [6.07, 6.45) is 0. The number of nitrogens with zero attached hydrogens (tertiary/aromatic N) is 3. The average molecular weight is 908 g/mol. The van der Waals surface area contributed by atoms with Crippen molar-refractivity contribution >= 4 is 94.2 Å². The highest BCUT2D eigenvalue weighted by Gasteiger charge is 2.41. The van der Waals surface area contributed by atoms with E-state index < -0.39 is 8.07 Å². The van der Waals surface area contributed by atoms with Crippen LogP contribution < -0.4 is 20.7 Å². The van der Waals surface area contributed by atoms with Gasteiger partial charge in [0.2, 0.25) is 0 Å². The standard InChI is InChI=1S/C66H45N3Si/c1-6-21-46(22-7-1)54-33-20-34-57-55-31-16-19-36-62(55)69(66(54)57)49-38-41-64-59(44-49)60-45-53(70(50-25-10-3-11-26-50,51-27-12-4-13-28-51)52-29-14-5-15-30-52)39-42-65(60)68(64)48-37-40-63-58(43-48)56-32-17-18-35-61(56)67(63)47-23-8-2-9-24-47/h1-45H. The van der Waals surface area contributed by atoms with Gasteiger partial charge in [-0.05, 0) is 93.0 Å². The first-order valence-electron chi connectivity index (χ1n) is 24.2. The minimum atomic E-state index is -2.87. The van der Waals surface area contributed by atoms with Crippen molar-refractivity contribution in [2.75, 3.05) is 0 Å². The molecule has 0 aliphatic rings. The van der Waals surface area contributed by atoms with E-state index in [4.69, 9.17) is 0 Å². The minimum Gasteiger partial charge on any atom is -0.309 e. The van der Waals surface area contributed by atoms with Crippen molar-refractivity contribution < 1.29 is 0 Å². The lowest BCUT2D eigenvalue weighted by molar-refractivity contribution is 1.16. The maximum atomic E-state index is 2.55. The Kier molecular flexibility index (Phi) is 9.23. The summed E-state index contributed by atoms with van der Waals surface area (Å²) in [6.45, 7) is 0. The van der Waals surface area contributed by atoms with Crippen LogP contribution in [0, 0.1) is 0 Å². The number of para-hydroxylation sites is 4. The van der Waals surface area contributed by atoms with Crippen molar-refractivity contribution in [3.8, 4) is 28.2 Å². The molecule has 11 aromatic carbocycles. The lowest BCUT2D eigenvalue weighted by atomic mass is 10.0. The van der Waals surface area contributed by atoms with Gasteiger partial charge in [-0.15, -0.1) is 0 Å². The Morgan fingerprint density at radius 3 is 1.21 bits per heavy atom. The number of fused-ring (bicyclic) bond motifs is 9. The van der Waals surface area contributed by atoms with Gasteiger partial charge in [-0.1, -0.05) is 206 Å². The predicted octanol–water partition coefficient (Wildman–Crippen LogP) is 14.0. The van der Waals surface area contributed by atoms with E-state index >= 15 is 0 Å². The third-order valence-corrected chi connectivity index (χ3v) is 19.5. The maximum Gasteiger partial charge on any atom is 0.179 e. The van der Waals surface area contributed by atoms with Crippen molar-refractivity contribution in [2.24, 2.45) is 0 Å². The third kappa shape index (κ3) is 6.00. The van der Waals surface area contributed by atoms with Gasteiger partial charge < -0.3 is 13.7 Å². The van der Waals surface area contributed by atoms with Crippen LogP contribution in [0.15, 0.2) is 273 Å². The molecule has 14 aromatic rings. The van der Waals surface area contributed by atoms with Crippen LogP contribution in [-0.4, -0.2) is 21.8 Å². The van der Waals surface area contributed by atoms with Gasteiger partial charge in [0, 0.05) is 54.9 Å². The van der Waals surface area contributed by atoms with Gasteiger partial charge >= 0.3 is 0 Å². The van der Waals surface area contributed by atoms with E-state index in [9.17, 15) is 0 Å². The molecule has 70 heavy (non-hydrogen) atoms. The highest BCUT2D eigenvalue weighted by Crippen LogP contribution is 2.41. The third-order valence-electron chi connectivity index (χ3n) is 14.8. The molecule has 0 aliphatic heterocycles. The van der Waals surface area contributed by atoms with Crippen LogP contribution in [0.3, 0.4) is 0 Å². The monoisotopic (exact) mass is 907 g/mol.